The average Bonchev–Trinajstić information content (AvgIpc) is 2.71. The molecule has 0 radical (unpaired) electrons. The molecule has 0 saturated carbocycles. The number of carbonyl (C=O) groups is 1. The van der Waals surface area contributed by atoms with Crippen LogP contribution in [0.25, 0.3) is 10.9 Å². The third-order valence-corrected chi connectivity index (χ3v) is 5.57. The number of nitrogens with one attached hydrogen (secondary N) is 1. The molecule has 2 heterocycles. The number of hydrogen-bond acceptors (Lipinski definition) is 4. The first kappa shape index (κ1) is 19.4. The lowest BCUT2D eigenvalue weighted by Crippen LogP contribution is -2.63. The quantitative estimate of drug-likeness (QED) is 0.668. The van der Waals surface area contributed by atoms with Gasteiger partial charge in [-0.1, -0.05) is 30.3 Å². The average molecular weight is 389 g/mol. The summed E-state index contributed by atoms with van der Waals surface area (Å²) in [4.78, 5) is 19.7. The van der Waals surface area contributed by atoms with Crippen LogP contribution in [0.4, 0.5) is 5.69 Å². The lowest BCUT2D eigenvalue weighted by Gasteiger charge is -2.49. The van der Waals surface area contributed by atoms with Gasteiger partial charge >= 0.3 is 0 Å². The second-order valence-electron chi connectivity index (χ2n) is 8.13. The van der Waals surface area contributed by atoms with Gasteiger partial charge in [0.15, 0.2) is 0 Å². The highest BCUT2D eigenvalue weighted by Crippen LogP contribution is 2.33. The number of ether oxygens (including phenoxy) is 1. The Morgan fingerprint density at radius 3 is 2.66 bits per heavy atom. The zero-order valence-corrected chi connectivity index (χ0v) is 17.2. The van der Waals surface area contributed by atoms with Crippen molar-refractivity contribution in [2.75, 3.05) is 11.9 Å². The molecule has 2 aromatic carbocycles. The van der Waals surface area contributed by atoms with Crippen molar-refractivity contribution in [3.63, 3.8) is 0 Å². The maximum atomic E-state index is 13.0. The highest BCUT2D eigenvalue weighted by Gasteiger charge is 2.46. The van der Waals surface area contributed by atoms with Crippen LogP contribution in [-0.4, -0.2) is 34.0 Å². The zero-order chi connectivity index (χ0) is 20.4. The molecule has 1 atom stereocenters. The van der Waals surface area contributed by atoms with Crippen molar-refractivity contribution < 1.29 is 9.53 Å². The molecule has 5 nitrogen and oxygen atoms in total. The van der Waals surface area contributed by atoms with Gasteiger partial charge in [0.05, 0.1) is 29.0 Å². The van der Waals surface area contributed by atoms with E-state index in [0.29, 0.717) is 0 Å². The SMILES string of the molecule is CC(C)Oc1ccc(CN2CCC2(C)C(=O)Nc2cnc3ccccc3c2)cc1. The molecule has 1 aliphatic rings. The van der Waals surface area contributed by atoms with Crippen molar-refractivity contribution in [1.82, 2.24) is 9.88 Å². The highest BCUT2D eigenvalue weighted by molar-refractivity contribution is 5.99. The van der Waals surface area contributed by atoms with E-state index >= 15 is 0 Å². The van der Waals surface area contributed by atoms with E-state index in [0.717, 1.165) is 41.9 Å². The summed E-state index contributed by atoms with van der Waals surface area (Å²) < 4.78 is 5.71. The molecule has 1 fully saturated rings. The number of carbonyl (C=O) groups excluding carboxylic acids is 1. The Labute approximate surface area is 171 Å². The van der Waals surface area contributed by atoms with Crippen molar-refractivity contribution >= 4 is 22.5 Å². The summed E-state index contributed by atoms with van der Waals surface area (Å²) in [5, 5.41) is 4.08. The van der Waals surface area contributed by atoms with Crippen LogP contribution in [0.5, 0.6) is 5.75 Å². The molecule has 29 heavy (non-hydrogen) atoms. The van der Waals surface area contributed by atoms with Crippen LogP contribution >= 0.6 is 0 Å². The number of likely N-dealkylation sites (tertiary alicyclic amines) is 1. The summed E-state index contributed by atoms with van der Waals surface area (Å²) in [6, 6.07) is 18.0. The molecular weight excluding hydrogens is 362 g/mol. The molecule has 1 aromatic heterocycles. The molecule has 4 rings (SSSR count). The fourth-order valence-corrected chi connectivity index (χ4v) is 3.69. The first-order valence-electron chi connectivity index (χ1n) is 10.1. The van der Waals surface area contributed by atoms with Crippen molar-refractivity contribution in [1.29, 1.82) is 0 Å². The first-order valence-corrected chi connectivity index (χ1v) is 10.1. The van der Waals surface area contributed by atoms with Crippen LogP contribution in [0.1, 0.15) is 32.8 Å². The molecule has 1 unspecified atom stereocenters. The molecule has 0 aliphatic carbocycles. The van der Waals surface area contributed by atoms with Gasteiger partial charge in [-0.3, -0.25) is 14.7 Å². The van der Waals surface area contributed by atoms with Gasteiger partial charge in [0, 0.05) is 18.5 Å². The minimum absolute atomic E-state index is 0.0144. The number of benzene rings is 2. The molecular formula is C24H27N3O2. The van der Waals surface area contributed by atoms with E-state index in [4.69, 9.17) is 4.74 Å². The molecule has 1 aliphatic heterocycles. The van der Waals surface area contributed by atoms with Gasteiger partial charge < -0.3 is 10.1 Å². The lowest BCUT2D eigenvalue weighted by atomic mass is 9.85. The van der Waals surface area contributed by atoms with E-state index in [1.165, 1.54) is 5.56 Å². The van der Waals surface area contributed by atoms with Gasteiger partial charge in [-0.2, -0.15) is 0 Å². The standard InChI is InChI=1S/C24H27N3O2/c1-17(2)29-21-10-8-18(9-11-21)16-27-13-12-24(27,3)23(28)26-20-14-19-6-4-5-7-22(19)25-15-20/h4-11,14-15,17H,12-13,16H2,1-3H3,(H,26,28). The number of hydrogen-bond donors (Lipinski definition) is 1. The van der Waals surface area contributed by atoms with Crippen LogP contribution in [0.3, 0.4) is 0 Å². The number of pyridine rings is 1. The van der Waals surface area contributed by atoms with Gasteiger partial charge in [-0.15, -0.1) is 0 Å². The molecule has 0 bridgehead atoms. The van der Waals surface area contributed by atoms with Crippen molar-refractivity contribution in [2.24, 2.45) is 0 Å². The van der Waals surface area contributed by atoms with Crippen molar-refractivity contribution in [2.45, 2.75) is 45.4 Å². The summed E-state index contributed by atoms with van der Waals surface area (Å²) in [6.07, 6.45) is 2.72. The summed E-state index contributed by atoms with van der Waals surface area (Å²) in [5.41, 5.74) is 2.31. The van der Waals surface area contributed by atoms with E-state index in [1.807, 2.05) is 63.2 Å². The van der Waals surface area contributed by atoms with Gasteiger partial charge in [0.2, 0.25) is 5.91 Å². The minimum atomic E-state index is -0.515. The Morgan fingerprint density at radius 2 is 1.97 bits per heavy atom. The normalized spacial score (nSPS) is 19.2. The molecule has 1 N–H and O–H groups in total. The lowest BCUT2D eigenvalue weighted by molar-refractivity contribution is -0.136. The van der Waals surface area contributed by atoms with Crippen LogP contribution in [-0.2, 0) is 11.3 Å². The Bertz CT molecular complexity index is 1020. The largest absolute Gasteiger partial charge is 0.491 e. The smallest absolute Gasteiger partial charge is 0.244 e. The van der Waals surface area contributed by atoms with Gasteiger partial charge in [0.25, 0.3) is 0 Å². The fraction of sp³-hybridized carbons (Fsp3) is 0.333. The van der Waals surface area contributed by atoms with Crippen LogP contribution in [0.2, 0.25) is 0 Å². The topological polar surface area (TPSA) is 54.5 Å². The predicted octanol–water partition coefficient (Wildman–Crippen LogP) is 4.63. The molecule has 150 valence electrons. The third kappa shape index (κ3) is 4.10. The predicted molar refractivity (Wildman–Crippen MR) is 116 cm³/mol. The number of nitrogens with zero attached hydrogens (tertiary/aromatic N) is 2. The number of fused-ring (bicyclic) bond motifs is 1. The number of aromatic nitrogens is 1. The maximum Gasteiger partial charge on any atom is 0.244 e. The Morgan fingerprint density at radius 1 is 1.21 bits per heavy atom. The van der Waals surface area contributed by atoms with E-state index in [1.54, 1.807) is 6.20 Å². The second-order valence-corrected chi connectivity index (χ2v) is 8.13. The number of anilines is 1. The number of para-hydroxylation sites is 1. The molecule has 0 spiro atoms. The van der Waals surface area contributed by atoms with Gasteiger partial charge in [-0.05, 0) is 57.0 Å². The van der Waals surface area contributed by atoms with Gasteiger partial charge in [-0.25, -0.2) is 0 Å². The Balaban J connectivity index is 1.42. The van der Waals surface area contributed by atoms with E-state index < -0.39 is 5.54 Å². The summed E-state index contributed by atoms with van der Waals surface area (Å²) in [5.74, 6) is 0.886. The van der Waals surface area contributed by atoms with E-state index in [9.17, 15) is 4.79 Å². The number of amides is 1. The maximum absolute atomic E-state index is 13.0. The summed E-state index contributed by atoms with van der Waals surface area (Å²) in [6.45, 7) is 7.69. The van der Waals surface area contributed by atoms with Crippen LogP contribution in [0, 0.1) is 0 Å². The highest BCUT2D eigenvalue weighted by atomic mass is 16.5. The van der Waals surface area contributed by atoms with E-state index in [2.05, 4.69) is 27.3 Å². The summed E-state index contributed by atoms with van der Waals surface area (Å²) in [7, 11) is 0. The number of rotatable bonds is 6. The molecule has 1 saturated heterocycles. The monoisotopic (exact) mass is 389 g/mol. The Hall–Kier alpha value is -2.92. The molecule has 3 aromatic rings. The third-order valence-electron chi connectivity index (χ3n) is 5.57. The Kier molecular flexibility index (Phi) is 5.24. The van der Waals surface area contributed by atoms with Crippen molar-refractivity contribution in [3.8, 4) is 5.75 Å². The first-order chi connectivity index (χ1) is 13.9. The second kappa shape index (κ2) is 7.84. The van der Waals surface area contributed by atoms with Crippen LogP contribution < -0.4 is 10.1 Å². The van der Waals surface area contributed by atoms with E-state index in [-0.39, 0.29) is 12.0 Å². The van der Waals surface area contributed by atoms with Crippen LogP contribution in [0.15, 0.2) is 60.8 Å². The summed E-state index contributed by atoms with van der Waals surface area (Å²) >= 11 is 0. The zero-order valence-electron chi connectivity index (χ0n) is 17.2. The minimum Gasteiger partial charge on any atom is -0.491 e. The molecule has 5 heteroatoms. The fourth-order valence-electron chi connectivity index (χ4n) is 3.69. The molecule has 1 amide bonds. The van der Waals surface area contributed by atoms with Crippen molar-refractivity contribution in [3.05, 3.63) is 66.4 Å². The van der Waals surface area contributed by atoms with Gasteiger partial charge in [0.1, 0.15) is 5.75 Å².